The van der Waals surface area contributed by atoms with Crippen molar-refractivity contribution >= 4 is 22.8 Å². The van der Waals surface area contributed by atoms with Crippen LogP contribution in [-0.2, 0) is 16.0 Å². The number of nitrogens with zero attached hydrogens (tertiary/aromatic N) is 2. The van der Waals surface area contributed by atoms with Gasteiger partial charge in [0, 0.05) is 24.7 Å². The lowest BCUT2D eigenvalue weighted by atomic mass is 9.86. The number of hydrogen-bond acceptors (Lipinski definition) is 3. The number of carboxylic acids is 1. The molecule has 1 aliphatic heterocycles. The Hall–Kier alpha value is -2.64. The number of rotatable bonds is 3. The van der Waals surface area contributed by atoms with Crippen LogP contribution in [0, 0.1) is 5.41 Å². The molecular weight excluding hydrogens is 337 g/mol. The fraction of sp³-hybridized carbons (Fsp3) is 0.353. The molecule has 1 fully saturated rings. The Kier molecular flexibility index (Phi) is 4.14. The van der Waals surface area contributed by atoms with Crippen molar-refractivity contribution in [2.45, 2.75) is 19.0 Å². The van der Waals surface area contributed by atoms with Crippen LogP contribution in [0.1, 0.15) is 12.0 Å². The van der Waals surface area contributed by atoms with Gasteiger partial charge >= 0.3 is 12.1 Å². The maximum Gasteiger partial charge on any atom is 0.406 e. The van der Waals surface area contributed by atoms with Crippen LogP contribution in [-0.4, -0.2) is 46.1 Å². The van der Waals surface area contributed by atoms with Crippen molar-refractivity contribution in [1.29, 1.82) is 0 Å². The number of hydrogen-bond donors (Lipinski definition) is 1. The summed E-state index contributed by atoms with van der Waals surface area (Å²) >= 11 is 0. The molecule has 132 valence electrons. The predicted molar refractivity (Wildman–Crippen MR) is 82.8 cm³/mol. The zero-order valence-electron chi connectivity index (χ0n) is 13.1. The van der Waals surface area contributed by atoms with Crippen molar-refractivity contribution in [1.82, 2.24) is 9.88 Å². The van der Waals surface area contributed by atoms with E-state index in [0.29, 0.717) is 11.1 Å². The first-order chi connectivity index (χ1) is 11.7. The monoisotopic (exact) mass is 352 g/mol. The van der Waals surface area contributed by atoms with E-state index in [1.54, 1.807) is 24.4 Å². The number of likely N-dealkylation sites (tertiary alicyclic amines) is 1. The number of alkyl halides is 3. The van der Waals surface area contributed by atoms with Gasteiger partial charge in [0.2, 0.25) is 5.91 Å². The molecule has 1 N–H and O–H groups in total. The molecule has 1 aliphatic rings. The molecule has 0 radical (unpaired) electrons. The number of carboxylic acid groups (broad SMARTS) is 1. The second kappa shape index (κ2) is 6.02. The highest BCUT2D eigenvalue weighted by molar-refractivity contribution is 5.88. The van der Waals surface area contributed by atoms with Gasteiger partial charge in [0.05, 0.1) is 11.9 Å². The molecule has 8 heteroatoms. The minimum absolute atomic E-state index is 0.123. The quantitative estimate of drug-likeness (QED) is 0.922. The lowest BCUT2D eigenvalue weighted by Crippen LogP contribution is -2.47. The first kappa shape index (κ1) is 17.2. The van der Waals surface area contributed by atoms with Crippen LogP contribution in [0.15, 0.2) is 36.5 Å². The van der Waals surface area contributed by atoms with Crippen LogP contribution in [0.5, 0.6) is 0 Å². The predicted octanol–water partition coefficient (Wildman–Crippen LogP) is 2.64. The Bertz CT molecular complexity index is 832. The molecule has 0 saturated carbocycles. The summed E-state index contributed by atoms with van der Waals surface area (Å²) < 4.78 is 39.6. The van der Waals surface area contributed by atoms with E-state index in [4.69, 9.17) is 5.11 Å². The van der Waals surface area contributed by atoms with Gasteiger partial charge in [0.15, 0.2) is 5.41 Å². The first-order valence-corrected chi connectivity index (χ1v) is 7.65. The summed E-state index contributed by atoms with van der Waals surface area (Å²) in [5.41, 5.74) is -1.68. The third-order valence-electron chi connectivity index (χ3n) is 4.63. The highest BCUT2D eigenvalue weighted by Crippen LogP contribution is 2.45. The standard InChI is InChI=1S/C17H15F3N2O3/c18-17(19,20)16(15(24)25)6-8-22(10-16)13(23)9-12-4-1-3-11-5-2-7-21-14(11)12/h1-5,7H,6,8-10H2,(H,24,25). The largest absolute Gasteiger partial charge is 0.481 e. The number of aromatic nitrogens is 1. The molecule has 2 heterocycles. The molecule has 1 unspecified atom stereocenters. The highest BCUT2D eigenvalue weighted by atomic mass is 19.4. The Morgan fingerprint density at radius 1 is 1.24 bits per heavy atom. The smallest absolute Gasteiger partial charge is 0.406 e. The van der Waals surface area contributed by atoms with Gasteiger partial charge in [0.25, 0.3) is 0 Å². The van der Waals surface area contributed by atoms with Crippen molar-refractivity contribution < 1.29 is 27.9 Å². The Balaban J connectivity index is 1.82. The van der Waals surface area contributed by atoms with Gasteiger partial charge < -0.3 is 10.0 Å². The highest BCUT2D eigenvalue weighted by Gasteiger charge is 2.64. The molecule has 1 amide bonds. The Morgan fingerprint density at radius 2 is 1.96 bits per heavy atom. The van der Waals surface area contributed by atoms with Crippen LogP contribution in [0.3, 0.4) is 0 Å². The molecule has 5 nitrogen and oxygen atoms in total. The minimum atomic E-state index is -4.91. The first-order valence-electron chi connectivity index (χ1n) is 7.65. The van der Waals surface area contributed by atoms with Crippen LogP contribution in [0.4, 0.5) is 13.2 Å². The van der Waals surface area contributed by atoms with E-state index < -0.39 is 36.4 Å². The average molecular weight is 352 g/mol. The second-order valence-corrected chi connectivity index (χ2v) is 6.12. The lowest BCUT2D eigenvalue weighted by Gasteiger charge is -2.27. The van der Waals surface area contributed by atoms with Crippen molar-refractivity contribution in [3.05, 3.63) is 42.1 Å². The molecule has 25 heavy (non-hydrogen) atoms. The molecular formula is C17H15F3N2O3. The van der Waals surface area contributed by atoms with Gasteiger partial charge in [0.1, 0.15) is 0 Å². The van der Waals surface area contributed by atoms with E-state index in [2.05, 4.69) is 4.98 Å². The average Bonchev–Trinajstić information content (AvgIpc) is 3.02. The number of carbonyl (C=O) groups is 2. The maximum atomic E-state index is 13.2. The third kappa shape index (κ3) is 2.92. The van der Waals surface area contributed by atoms with Gasteiger partial charge in [-0.15, -0.1) is 0 Å². The van der Waals surface area contributed by atoms with Crippen molar-refractivity contribution in [3.8, 4) is 0 Å². The van der Waals surface area contributed by atoms with E-state index in [0.717, 1.165) is 10.3 Å². The summed E-state index contributed by atoms with van der Waals surface area (Å²) in [7, 11) is 0. The third-order valence-corrected chi connectivity index (χ3v) is 4.63. The molecule has 3 rings (SSSR count). The fourth-order valence-corrected chi connectivity index (χ4v) is 3.13. The van der Waals surface area contributed by atoms with Crippen molar-refractivity contribution in [2.75, 3.05) is 13.1 Å². The molecule has 0 spiro atoms. The lowest BCUT2D eigenvalue weighted by molar-refractivity contribution is -0.227. The summed E-state index contributed by atoms with van der Waals surface area (Å²) in [4.78, 5) is 28.8. The SMILES string of the molecule is O=C(Cc1cccc2cccnc12)N1CCC(C(=O)O)(C(F)(F)F)C1. The summed E-state index contributed by atoms with van der Waals surface area (Å²) in [5, 5.41) is 9.89. The Morgan fingerprint density at radius 3 is 2.60 bits per heavy atom. The zero-order chi connectivity index (χ0) is 18.2. The van der Waals surface area contributed by atoms with E-state index >= 15 is 0 Å². The summed E-state index contributed by atoms with van der Waals surface area (Å²) in [6, 6.07) is 8.83. The van der Waals surface area contributed by atoms with Crippen LogP contribution >= 0.6 is 0 Å². The normalized spacial score (nSPS) is 20.8. The number of benzene rings is 1. The second-order valence-electron chi connectivity index (χ2n) is 6.12. The van der Waals surface area contributed by atoms with E-state index in [-0.39, 0.29) is 13.0 Å². The molecule has 0 bridgehead atoms. The van der Waals surface area contributed by atoms with E-state index in [1.807, 2.05) is 12.1 Å². The Labute approximate surface area is 141 Å². The number of halogens is 3. The molecule has 1 atom stereocenters. The van der Waals surface area contributed by atoms with Crippen molar-refractivity contribution in [3.63, 3.8) is 0 Å². The molecule has 0 aliphatic carbocycles. The topological polar surface area (TPSA) is 70.5 Å². The van der Waals surface area contributed by atoms with Crippen molar-refractivity contribution in [2.24, 2.45) is 5.41 Å². The number of aliphatic carboxylic acids is 1. The minimum Gasteiger partial charge on any atom is -0.481 e. The number of carbonyl (C=O) groups excluding carboxylic acids is 1. The number of pyridine rings is 1. The van der Waals surface area contributed by atoms with Crippen LogP contribution in [0.25, 0.3) is 10.9 Å². The molecule has 1 aromatic carbocycles. The van der Waals surface area contributed by atoms with Gasteiger partial charge in [-0.1, -0.05) is 24.3 Å². The van der Waals surface area contributed by atoms with Crippen LogP contribution < -0.4 is 0 Å². The van der Waals surface area contributed by atoms with Gasteiger partial charge in [-0.05, 0) is 18.1 Å². The fourth-order valence-electron chi connectivity index (χ4n) is 3.13. The van der Waals surface area contributed by atoms with E-state index in [9.17, 15) is 22.8 Å². The van der Waals surface area contributed by atoms with E-state index in [1.165, 1.54) is 0 Å². The maximum absolute atomic E-state index is 13.2. The zero-order valence-corrected chi connectivity index (χ0v) is 13.1. The molecule has 1 saturated heterocycles. The van der Waals surface area contributed by atoms with Gasteiger partial charge in [-0.25, -0.2) is 0 Å². The van der Waals surface area contributed by atoms with Gasteiger partial charge in [-0.3, -0.25) is 14.6 Å². The number of amides is 1. The molecule has 1 aromatic heterocycles. The number of para-hydroxylation sites is 1. The summed E-state index contributed by atoms with van der Waals surface area (Å²) in [6.45, 7) is -1.09. The summed E-state index contributed by atoms with van der Waals surface area (Å²) in [5.74, 6) is -2.48. The van der Waals surface area contributed by atoms with Crippen LogP contribution in [0.2, 0.25) is 0 Å². The van der Waals surface area contributed by atoms with Gasteiger partial charge in [-0.2, -0.15) is 13.2 Å². The summed E-state index contributed by atoms with van der Waals surface area (Å²) in [6.07, 6.45) is -4.09. The molecule has 2 aromatic rings. The number of fused-ring (bicyclic) bond motifs is 1.